The zero-order chi connectivity index (χ0) is 18.4. The Labute approximate surface area is 154 Å². The molecular weight excluding hydrogens is 326 g/mol. The van der Waals surface area contributed by atoms with Crippen molar-refractivity contribution in [3.8, 4) is 0 Å². The van der Waals surface area contributed by atoms with Crippen LogP contribution in [-0.2, 0) is 16.0 Å². The highest BCUT2D eigenvalue weighted by atomic mass is 16.5. The van der Waals surface area contributed by atoms with Crippen LogP contribution in [0.3, 0.4) is 0 Å². The second kappa shape index (κ2) is 8.94. The Morgan fingerprint density at radius 3 is 2.69 bits per heavy atom. The second-order valence-corrected chi connectivity index (χ2v) is 6.84. The van der Waals surface area contributed by atoms with Gasteiger partial charge in [-0.1, -0.05) is 42.5 Å². The SMILES string of the molecule is CC(=O)Nc1cccc(CCNC(c2ccccc2)[C@@H]2COC[C@H]2N)c1. The molecule has 1 amide bonds. The maximum absolute atomic E-state index is 11.2. The van der Waals surface area contributed by atoms with E-state index in [-0.39, 0.29) is 23.9 Å². The van der Waals surface area contributed by atoms with Crippen molar-refractivity contribution in [3.05, 3.63) is 65.7 Å². The summed E-state index contributed by atoms with van der Waals surface area (Å²) < 4.78 is 5.58. The predicted octanol–water partition coefficient (Wildman–Crippen LogP) is 2.49. The molecule has 5 nitrogen and oxygen atoms in total. The molecule has 1 aliphatic heterocycles. The lowest BCUT2D eigenvalue weighted by atomic mass is 9.89. The quantitative estimate of drug-likeness (QED) is 0.715. The first-order valence-electron chi connectivity index (χ1n) is 9.11. The molecule has 4 N–H and O–H groups in total. The summed E-state index contributed by atoms with van der Waals surface area (Å²) in [6, 6.07) is 18.6. The van der Waals surface area contributed by atoms with E-state index in [4.69, 9.17) is 10.5 Å². The van der Waals surface area contributed by atoms with E-state index in [9.17, 15) is 4.79 Å². The molecule has 3 atom stereocenters. The number of benzene rings is 2. The maximum Gasteiger partial charge on any atom is 0.221 e. The van der Waals surface area contributed by atoms with Gasteiger partial charge in [-0.05, 0) is 36.2 Å². The number of carbonyl (C=O) groups excluding carboxylic acids is 1. The Kier molecular flexibility index (Phi) is 6.39. The molecule has 3 rings (SSSR count). The van der Waals surface area contributed by atoms with Gasteiger partial charge in [0, 0.05) is 30.6 Å². The van der Waals surface area contributed by atoms with Gasteiger partial charge in [-0.3, -0.25) is 4.79 Å². The van der Waals surface area contributed by atoms with E-state index in [1.807, 2.05) is 24.3 Å². The average molecular weight is 353 g/mol. The minimum absolute atomic E-state index is 0.0517. The third-order valence-electron chi connectivity index (χ3n) is 4.78. The Hall–Kier alpha value is -2.21. The molecule has 1 aliphatic rings. The van der Waals surface area contributed by atoms with Gasteiger partial charge in [0.1, 0.15) is 0 Å². The number of anilines is 1. The fourth-order valence-corrected chi connectivity index (χ4v) is 3.49. The van der Waals surface area contributed by atoms with Gasteiger partial charge in [0.25, 0.3) is 0 Å². The van der Waals surface area contributed by atoms with Crippen LogP contribution in [-0.4, -0.2) is 31.7 Å². The molecule has 138 valence electrons. The molecule has 0 spiro atoms. The van der Waals surface area contributed by atoms with Gasteiger partial charge >= 0.3 is 0 Å². The van der Waals surface area contributed by atoms with Crippen LogP contribution in [0.25, 0.3) is 0 Å². The summed E-state index contributed by atoms with van der Waals surface area (Å²) in [7, 11) is 0. The van der Waals surface area contributed by atoms with E-state index < -0.39 is 0 Å². The largest absolute Gasteiger partial charge is 0.379 e. The molecule has 2 aromatic carbocycles. The summed E-state index contributed by atoms with van der Waals surface area (Å²) in [5, 5.41) is 6.50. The van der Waals surface area contributed by atoms with Gasteiger partial charge in [-0.2, -0.15) is 0 Å². The molecular formula is C21H27N3O2. The standard InChI is InChI=1S/C21H27N3O2/c1-15(25)24-18-9-5-6-16(12-18)10-11-23-21(17-7-3-2-4-8-17)19-13-26-14-20(19)22/h2-9,12,19-21,23H,10-11,13-14,22H2,1H3,(H,24,25)/t19-,20-,21?/m1/s1. The predicted molar refractivity (Wildman–Crippen MR) is 104 cm³/mol. The molecule has 0 bridgehead atoms. The number of ether oxygens (including phenoxy) is 1. The normalized spacial score (nSPS) is 20.7. The summed E-state index contributed by atoms with van der Waals surface area (Å²) in [4.78, 5) is 11.2. The van der Waals surface area contributed by atoms with E-state index in [1.165, 1.54) is 18.1 Å². The molecule has 1 fully saturated rings. The van der Waals surface area contributed by atoms with Crippen LogP contribution in [0, 0.1) is 5.92 Å². The van der Waals surface area contributed by atoms with Crippen LogP contribution in [0.15, 0.2) is 54.6 Å². The maximum atomic E-state index is 11.2. The first kappa shape index (κ1) is 18.6. The third kappa shape index (κ3) is 4.91. The van der Waals surface area contributed by atoms with E-state index in [0.29, 0.717) is 13.2 Å². The van der Waals surface area contributed by atoms with Crippen LogP contribution in [0.2, 0.25) is 0 Å². The van der Waals surface area contributed by atoms with Gasteiger partial charge in [-0.15, -0.1) is 0 Å². The Morgan fingerprint density at radius 2 is 2.00 bits per heavy atom. The van der Waals surface area contributed by atoms with Crippen molar-refractivity contribution < 1.29 is 9.53 Å². The average Bonchev–Trinajstić information content (AvgIpc) is 3.05. The van der Waals surface area contributed by atoms with Crippen molar-refractivity contribution >= 4 is 11.6 Å². The van der Waals surface area contributed by atoms with E-state index in [2.05, 4.69) is 41.0 Å². The van der Waals surface area contributed by atoms with E-state index >= 15 is 0 Å². The number of nitrogens with two attached hydrogens (primary N) is 1. The van der Waals surface area contributed by atoms with Crippen molar-refractivity contribution in [2.75, 3.05) is 25.1 Å². The number of carbonyl (C=O) groups is 1. The summed E-state index contributed by atoms with van der Waals surface area (Å²) in [5.74, 6) is 0.211. The Morgan fingerprint density at radius 1 is 1.19 bits per heavy atom. The molecule has 0 aromatic heterocycles. The third-order valence-corrected chi connectivity index (χ3v) is 4.78. The zero-order valence-corrected chi connectivity index (χ0v) is 15.2. The fourth-order valence-electron chi connectivity index (χ4n) is 3.49. The van der Waals surface area contributed by atoms with Gasteiger partial charge in [0.15, 0.2) is 0 Å². The number of hydrogen-bond acceptors (Lipinski definition) is 4. The molecule has 1 saturated heterocycles. The number of nitrogens with one attached hydrogen (secondary N) is 2. The molecule has 0 aliphatic carbocycles. The van der Waals surface area contributed by atoms with E-state index in [1.54, 1.807) is 0 Å². The fraction of sp³-hybridized carbons (Fsp3) is 0.381. The van der Waals surface area contributed by atoms with Crippen LogP contribution < -0.4 is 16.4 Å². The topological polar surface area (TPSA) is 76.4 Å². The summed E-state index contributed by atoms with van der Waals surface area (Å²) in [6.45, 7) is 3.65. The van der Waals surface area contributed by atoms with E-state index in [0.717, 1.165) is 18.7 Å². The molecule has 26 heavy (non-hydrogen) atoms. The summed E-state index contributed by atoms with van der Waals surface area (Å²) in [5.41, 5.74) is 9.52. The van der Waals surface area contributed by atoms with Crippen molar-refractivity contribution in [2.45, 2.75) is 25.4 Å². The second-order valence-electron chi connectivity index (χ2n) is 6.84. The molecule has 0 saturated carbocycles. The van der Waals surface area contributed by atoms with Crippen molar-refractivity contribution in [1.29, 1.82) is 0 Å². The highest BCUT2D eigenvalue weighted by Gasteiger charge is 2.32. The number of hydrogen-bond donors (Lipinski definition) is 3. The summed E-state index contributed by atoms with van der Waals surface area (Å²) in [6.07, 6.45) is 0.875. The van der Waals surface area contributed by atoms with Crippen molar-refractivity contribution in [2.24, 2.45) is 11.7 Å². The molecule has 0 radical (unpaired) electrons. The van der Waals surface area contributed by atoms with Crippen molar-refractivity contribution in [3.63, 3.8) is 0 Å². The zero-order valence-electron chi connectivity index (χ0n) is 15.2. The van der Waals surface area contributed by atoms with Crippen LogP contribution >= 0.6 is 0 Å². The van der Waals surface area contributed by atoms with Gasteiger partial charge in [-0.25, -0.2) is 0 Å². The Balaban J connectivity index is 1.64. The minimum Gasteiger partial charge on any atom is -0.379 e. The van der Waals surface area contributed by atoms with Crippen LogP contribution in [0.5, 0.6) is 0 Å². The van der Waals surface area contributed by atoms with Crippen LogP contribution in [0.4, 0.5) is 5.69 Å². The first-order valence-corrected chi connectivity index (χ1v) is 9.11. The lowest BCUT2D eigenvalue weighted by Gasteiger charge is -2.27. The molecule has 1 unspecified atom stereocenters. The first-order chi connectivity index (χ1) is 12.6. The molecule has 2 aromatic rings. The summed E-state index contributed by atoms with van der Waals surface area (Å²) >= 11 is 0. The van der Waals surface area contributed by atoms with Gasteiger partial charge in [0.05, 0.1) is 13.2 Å². The Bertz CT molecular complexity index is 720. The lowest BCUT2D eigenvalue weighted by molar-refractivity contribution is -0.114. The van der Waals surface area contributed by atoms with Crippen LogP contribution in [0.1, 0.15) is 24.1 Å². The number of amides is 1. The lowest BCUT2D eigenvalue weighted by Crippen LogP contribution is -2.39. The highest BCUT2D eigenvalue weighted by Crippen LogP contribution is 2.28. The monoisotopic (exact) mass is 353 g/mol. The molecule has 5 heteroatoms. The van der Waals surface area contributed by atoms with Gasteiger partial charge < -0.3 is 21.1 Å². The molecule has 1 heterocycles. The number of rotatable bonds is 7. The smallest absolute Gasteiger partial charge is 0.221 e. The van der Waals surface area contributed by atoms with Gasteiger partial charge in [0.2, 0.25) is 5.91 Å². The highest BCUT2D eigenvalue weighted by molar-refractivity contribution is 5.88. The minimum atomic E-state index is -0.0559. The van der Waals surface area contributed by atoms with Crippen molar-refractivity contribution in [1.82, 2.24) is 5.32 Å².